The van der Waals surface area contributed by atoms with Crippen molar-refractivity contribution in [1.82, 2.24) is 9.88 Å². The van der Waals surface area contributed by atoms with E-state index in [4.69, 9.17) is 0 Å². The molecule has 1 saturated heterocycles. The highest BCUT2D eigenvalue weighted by Gasteiger charge is 2.27. The molecule has 1 aliphatic heterocycles. The van der Waals surface area contributed by atoms with Crippen LogP contribution in [0, 0.1) is 5.41 Å². The van der Waals surface area contributed by atoms with Gasteiger partial charge in [0.25, 0.3) is 5.91 Å². The van der Waals surface area contributed by atoms with Crippen molar-refractivity contribution in [3.63, 3.8) is 0 Å². The predicted molar refractivity (Wildman–Crippen MR) is 77.5 cm³/mol. The van der Waals surface area contributed by atoms with Gasteiger partial charge in [-0.05, 0) is 30.4 Å². The lowest BCUT2D eigenvalue weighted by atomic mass is 9.84. The van der Waals surface area contributed by atoms with Crippen LogP contribution < -0.4 is 4.90 Å². The first-order valence-electron chi connectivity index (χ1n) is 6.82. The maximum Gasteiger partial charge on any atom is 0.254 e. The second-order valence-corrected chi connectivity index (χ2v) is 6.29. The normalized spacial score (nSPS) is 18.2. The number of aromatic nitrogens is 1. The number of anilines is 1. The average Bonchev–Trinajstić information content (AvgIpc) is 2.37. The van der Waals surface area contributed by atoms with Gasteiger partial charge in [-0.3, -0.25) is 4.79 Å². The molecule has 0 atom stereocenters. The van der Waals surface area contributed by atoms with Crippen LogP contribution in [0.2, 0.25) is 0 Å². The summed E-state index contributed by atoms with van der Waals surface area (Å²) in [5.41, 5.74) is 0.989. The van der Waals surface area contributed by atoms with Crippen LogP contribution in [0.5, 0.6) is 0 Å². The van der Waals surface area contributed by atoms with Crippen LogP contribution in [0.1, 0.15) is 37.0 Å². The summed E-state index contributed by atoms with van der Waals surface area (Å²) < 4.78 is 0. The van der Waals surface area contributed by atoms with Crippen LogP contribution in [-0.2, 0) is 0 Å². The van der Waals surface area contributed by atoms with E-state index in [1.807, 2.05) is 12.1 Å². The van der Waals surface area contributed by atoms with E-state index in [9.17, 15) is 4.79 Å². The lowest BCUT2D eigenvalue weighted by Gasteiger charge is -2.38. The Morgan fingerprint density at radius 3 is 2.63 bits per heavy atom. The molecule has 4 heteroatoms. The number of hydrogen-bond acceptors (Lipinski definition) is 3. The lowest BCUT2D eigenvalue weighted by Crippen LogP contribution is -2.40. The van der Waals surface area contributed by atoms with Crippen molar-refractivity contribution in [2.24, 2.45) is 5.41 Å². The van der Waals surface area contributed by atoms with Gasteiger partial charge >= 0.3 is 0 Å². The molecule has 0 aromatic carbocycles. The van der Waals surface area contributed by atoms with Gasteiger partial charge in [-0.1, -0.05) is 13.8 Å². The Kier molecular flexibility index (Phi) is 3.78. The van der Waals surface area contributed by atoms with Crippen molar-refractivity contribution in [2.75, 3.05) is 32.1 Å². The molecule has 0 unspecified atom stereocenters. The molecule has 104 valence electrons. The molecule has 0 radical (unpaired) electrons. The second kappa shape index (κ2) is 5.19. The lowest BCUT2D eigenvalue weighted by molar-refractivity contribution is 0.0827. The number of carbonyl (C=O) groups excluding carboxylic acids is 1. The fraction of sp³-hybridized carbons (Fsp3) is 0.600. The molecular weight excluding hydrogens is 238 g/mol. The van der Waals surface area contributed by atoms with Crippen molar-refractivity contribution in [3.05, 3.63) is 23.9 Å². The number of piperidine rings is 1. The number of rotatable bonds is 2. The highest BCUT2D eigenvalue weighted by atomic mass is 16.2. The molecular formula is C15H23N3O. The summed E-state index contributed by atoms with van der Waals surface area (Å²) in [6.07, 6.45) is 4.15. The zero-order valence-corrected chi connectivity index (χ0v) is 12.3. The number of carbonyl (C=O) groups is 1. The molecule has 0 spiro atoms. The van der Waals surface area contributed by atoms with Gasteiger partial charge in [-0.15, -0.1) is 0 Å². The molecule has 0 bridgehead atoms. The van der Waals surface area contributed by atoms with Crippen LogP contribution in [0.3, 0.4) is 0 Å². The fourth-order valence-electron chi connectivity index (χ4n) is 2.58. The maximum atomic E-state index is 11.8. The molecule has 2 rings (SSSR count). The maximum absolute atomic E-state index is 11.8. The molecule has 0 aliphatic carbocycles. The van der Waals surface area contributed by atoms with E-state index >= 15 is 0 Å². The quantitative estimate of drug-likeness (QED) is 0.820. The number of pyridine rings is 1. The summed E-state index contributed by atoms with van der Waals surface area (Å²) in [6, 6.07) is 3.82. The Bertz CT molecular complexity index is 451. The van der Waals surface area contributed by atoms with Gasteiger partial charge in [-0.2, -0.15) is 0 Å². The molecule has 4 nitrogen and oxygen atoms in total. The summed E-state index contributed by atoms with van der Waals surface area (Å²) in [4.78, 5) is 20.1. The predicted octanol–water partition coefficient (Wildman–Crippen LogP) is 2.41. The Morgan fingerprint density at radius 2 is 2.11 bits per heavy atom. The Labute approximate surface area is 115 Å². The largest absolute Gasteiger partial charge is 0.356 e. The standard InChI is InChI=1S/C15H23N3O/c1-15(2)8-5-9-18(11-15)13-7-6-12(10-16-13)14(19)17(3)4/h6-7,10H,5,8-9,11H2,1-4H3. The first kappa shape index (κ1) is 13.8. The van der Waals surface area contributed by atoms with Gasteiger partial charge in [0.1, 0.15) is 5.82 Å². The first-order chi connectivity index (χ1) is 8.89. The molecule has 0 saturated carbocycles. The van der Waals surface area contributed by atoms with Gasteiger partial charge in [-0.25, -0.2) is 4.98 Å². The van der Waals surface area contributed by atoms with E-state index in [-0.39, 0.29) is 5.91 Å². The SMILES string of the molecule is CN(C)C(=O)c1ccc(N2CCCC(C)(C)C2)nc1. The summed E-state index contributed by atoms with van der Waals surface area (Å²) in [5.74, 6) is 0.973. The second-order valence-electron chi connectivity index (χ2n) is 6.29. The zero-order valence-electron chi connectivity index (χ0n) is 12.3. The Balaban J connectivity index is 2.12. The van der Waals surface area contributed by atoms with Crippen LogP contribution in [0.15, 0.2) is 18.3 Å². The average molecular weight is 261 g/mol. The van der Waals surface area contributed by atoms with E-state index in [1.165, 1.54) is 12.8 Å². The number of nitrogens with zero attached hydrogens (tertiary/aromatic N) is 3. The highest BCUT2D eigenvalue weighted by Crippen LogP contribution is 2.30. The first-order valence-corrected chi connectivity index (χ1v) is 6.82. The van der Waals surface area contributed by atoms with Crippen molar-refractivity contribution in [2.45, 2.75) is 26.7 Å². The zero-order chi connectivity index (χ0) is 14.0. The van der Waals surface area contributed by atoms with Gasteiger partial charge in [0.2, 0.25) is 0 Å². The summed E-state index contributed by atoms with van der Waals surface area (Å²) in [7, 11) is 3.51. The minimum Gasteiger partial charge on any atom is -0.356 e. The highest BCUT2D eigenvalue weighted by molar-refractivity contribution is 5.93. The van der Waals surface area contributed by atoms with Crippen molar-refractivity contribution < 1.29 is 4.79 Å². The van der Waals surface area contributed by atoms with Gasteiger partial charge < -0.3 is 9.80 Å². The van der Waals surface area contributed by atoms with Crippen LogP contribution >= 0.6 is 0 Å². The topological polar surface area (TPSA) is 36.4 Å². The minimum atomic E-state index is -0.00183. The molecule has 1 amide bonds. The molecule has 2 heterocycles. The number of amides is 1. The van der Waals surface area contributed by atoms with E-state index in [2.05, 4.69) is 23.7 Å². The third kappa shape index (κ3) is 3.25. The van der Waals surface area contributed by atoms with E-state index < -0.39 is 0 Å². The molecule has 1 aliphatic rings. The molecule has 1 fully saturated rings. The third-order valence-corrected chi connectivity index (χ3v) is 3.63. The van der Waals surface area contributed by atoms with E-state index in [1.54, 1.807) is 25.2 Å². The van der Waals surface area contributed by atoms with Crippen LogP contribution in [0.25, 0.3) is 0 Å². The number of hydrogen-bond donors (Lipinski definition) is 0. The fourth-order valence-corrected chi connectivity index (χ4v) is 2.58. The van der Waals surface area contributed by atoms with Crippen molar-refractivity contribution in [1.29, 1.82) is 0 Å². The van der Waals surface area contributed by atoms with E-state index in [0.29, 0.717) is 11.0 Å². The molecule has 0 N–H and O–H groups in total. The van der Waals surface area contributed by atoms with Gasteiger partial charge in [0.15, 0.2) is 0 Å². The summed E-state index contributed by atoms with van der Waals surface area (Å²) in [5, 5.41) is 0. The molecule has 1 aromatic rings. The van der Waals surface area contributed by atoms with Crippen molar-refractivity contribution >= 4 is 11.7 Å². The summed E-state index contributed by atoms with van der Waals surface area (Å²) in [6.45, 7) is 6.67. The monoisotopic (exact) mass is 261 g/mol. The van der Waals surface area contributed by atoms with Crippen LogP contribution in [-0.4, -0.2) is 43.0 Å². The minimum absolute atomic E-state index is 0.00183. The van der Waals surface area contributed by atoms with Crippen molar-refractivity contribution in [3.8, 4) is 0 Å². The Hall–Kier alpha value is -1.58. The summed E-state index contributed by atoms with van der Waals surface area (Å²) >= 11 is 0. The third-order valence-electron chi connectivity index (χ3n) is 3.63. The van der Waals surface area contributed by atoms with Crippen LogP contribution in [0.4, 0.5) is 5.82 Å². The van der Waals surface area contributed by atoms with E-state index in [0.717, 1.165) is 18.9 Å². The molecule has 19 heavy (non-hydrogen) atoms. The Morgan fingerprint density at radius 1 is 1.37 bits per heavy atom. The van der Waals surface area contributed by atoms with Gasteiger partial charge in [0, 0.05) is 33.4 Å². The van der Waals surface area contributed by atoms with Gasteiger partial charge in [0.05, 0.1) is 5.56 Å². The molecule has 1 aromatic heterocycles. The smallest absolute Gasteiger partial charge is 0.254 e.